The maximum atomic E-state index is 12.6. The van der Waals surface area contributed by atoms with Gasteiger partial charge in [0.2, 0.25) is 0 Å². The number of anilines is 1. The van der Waals surface area contributed by atoms with E-state index in [9.17, 15) is 14.7 Å². The van der Waals surface area contributed by atoms with Crippen molar-refractivity contribution in [3.05, 3.63) is 23.6 Å². The summed E-state index contributed by atoms with van der Waals surface area (Å²) in [5, 5.41) is 19.1. The second kappa shape index (κ2) is 4.54. The van der Waals surface area contributed by atoms with Gasteiger partial charge in [0, 0.05) is 13.5 Å². The summed E-state index contributed by atoms with van der Waals surface area (Å²) in [5.41, 5.74) is 1.09. The minimum Gasteiger partial charge on any atom is -0.440 e. The van der Waals surface area contributed by atoms with Crippen LogP contribution in [-0.2, 0) is 4.79 Å². The normalized spacial score (nSPS) is 23.7. The molecule has 0 spiro atoms. The molecule has 8 nitrogen and oxygen atoms in total. The van der Waals surface area contributed by atoms with Crippen LogP contribution in [0.4, 0.5) is 10.5 Å². The molecule has 2 saturated heterocycles. The molecule has 2 aliphatic rings. The van der Waals surface area contributed by atoms with Gasteiger partial charge in [-0.2, -0.15) is 5.26 Å². The Labute approximate surface area is 130 Å². The van der Waals surface area contributed by atoms with E-state index in [1.807, 2.05) is 6.07 Å². The van der Waals surface area contributed by atoms with Gasteiger partial charge in [0.05, 0.1) is 17.4 Å². The molecule has 0 radical (unpaired) electrons. The Morgan fingerprint density at radius 3 is 2.91 bits per heavy atom. The number of urea groups is 1. The number of nitrogens with zero attached hydrogens (tertiary/aromatic N) is 4. The van der Waals surface area contributed by atoms with Gasteiger partial charge in [-0.15, -0.1) is 0 Å². The monoisotopic (exact) mass is 312 g/mol. The van der Waals surface area contributed by atoms with E-state index in [1.54, 1.807) is 6.92 Å². The van der Waals surface area contributed by atoms with Crippen LogP contribution in [0.2, 0.25) is 0 Å². The van der Waals surface area contributed by atoms with Gasteiger partial charge in [0.25, 0.3) is 5.91 Å². The summed E-state index contributed by atoms with van der Waals surface area (Å²) in [6, 6.07) is 3.66. The van der Waals surface area contributed by atoms with E-state index in [0.29, 0.717) is 24.4 Å². The highest BCUT2D eigenvalue weighted by Crippen LogP contribution is 2.36. The number of carbonyl (C=O) groups excluding carboxylic acids is 2. The molecule has 2 aromatic rings. The molecule has 23 heavy (non-hydrogen) atoms. The van der Waals surface area contributed by atoms with Crippen molar-refractivity contribution in [2.75, 3.05) is 11.4 Å². The predicted octanol–water partition coefficient (Wildman–Crippen LogP) is 0.910. The minimum atomic E-state index is -0.857. The second-order valence-corrected chi connectivity index (χ2v) is 5.61. The first-order chi connectivity index (χ1) is 11.0. The van der Waals surface area contributed by atoms with E-state index < -0.39 is 24.1 Å². The van der Waals surface area contributed by atoms with E-state index in [2.05, 4.69) is 4.98 Å². The quantitative estimate of drug-likeness (QED) is 0.784. The largest absolute Gasteiger partial charge is 0.440 e. The van der Waals surface area contributed by atoms with Crippen LogP contribution in [0.5, 0.6) is 0 Å². The highest BCUT2D eigenvalue weighted by Gasteiger charge is 2.53. The number of aromatic nitrogens is 1. The summed E-state index contributed by atoms with van der Waals surface area (Å²) in [6.45, 7) is 1.96. The zero-order valence-corrected chi connectivity index (χ0v) is 12.2. The first-order valence-corrected chi connectivity index (χ1v) is 7.16. The lowest BCUT2D eigenvalue weighted by Crippen LogP contribution is -2.36. The molecule has 1 aromatic heterocycles. The summed E-state index contributed by atoms with van der Waals surface area (Å²) < 4.78 is 5.43. The number of hydrogen-bond donors (Lipinski definition) is 1. The summed E-state index contributed by atoms with van der Waals surface area (Å²) >= 11 is 0. The van der Waals surface area contributed by atoms with Crippen LogP contribution in [0, 0.1) is 18.3 Å². The Balaban J connectivity index is 1.89. The SMILES string of the molecule is Cc1nc2c(N3C(=O)[C@@H]4[C@H](O)CCN4C3=O)ccc(C#N)c2o1. The van der Waals surface area contributed by atoms with Crippen molar-refractivity contribution in [2.24, 2.45) is 0 Å². The average molecular weight is 312 g/mol. The van der Waals surface area contributed by atoms with E-state index in [-0.39, 0.29) is 16.8 Å². The predicted molar refractivity (Wildman–Crippen MR) is 77.5 cm³/mol. The Hall–Kier alpha value is -2.92. The average Bonchev–Trinajstić information content (AvgIpc) is 3.15. The number of aliphatic hydroxyl groups is 1. The molecule has 0 bridgehead atoms. The third-order valence-corrected chi connectivity index (χ3v) is 4.27. The maximum absolute atomic E-state index is 12.6. The number of rotatable bonds is 1. The zero-order valence-electron chi connectivity index (χ0n) is 12.2. The lowest BCUT2D eigenvalue weighted by atomic mass is 10.1. The Kier molecular flexibility index (Phi) is 2.71. The van der Waals surface area contributed by atoms with Crippen LogP contribution < -0.4 is 4.90 Å². The molecular formula is C15H12N4O4. The molecule has 0 unspecified atom stereocenters. The summed E-state index contributed by atoms with van der Waals surface area (Å²) in [4.78, 5) is 31.7. The molecule has 1 aromatic carbocycles. The molecule has 4 rings (SSSR count). The van der Waals surface area contributed by atoms with Crippen molar-refractivity contribution in [1.29, 1.82) is 5.26 Å². The van der Waals surface area contributed by atoms with Gasteiger partial charge in [-0.1, -0.05) is 0 Å². The van der Waals surface area contributed by atoms with Crippen LogP contribution in [0.25, 0.3) is 11.1 Å². The maximum Gasteiger partial charge on any atom is 0.332 e. The first kappa shape index (κ1) is 13.7. The molecule has 3 amide bonds. The third-order valence-electron chi connectivity index (χ3n) is 4.27. The molecule has 2 fully saturated rings. The van der Waals surface area contributed by atoms with Crippen molar-refractivity contribution >= 4 is 28.7 Å². The van der Waals surface area contributed by atoms with E-state index in [0.717, 1.165) is 4.90 Å². The lowest BCUT2D eigenvalue weighted by Gasteiger charge is -2.15. The van der Waals surface area contributed by atoms with Crippen LogP contribution in [0.15, 0.2) is 16.5 Å². The summed E-state index contributed by atoms with van der Waals surface area (Å²) in [7, 11) is 0. The smallest absolute Gasteiger partial charge is 0.332 e. The van der Waals surface area contributed by atoms with Crippen molar-refractivity contribution < 1.29 is 19.1 Å². The fourth-order valence-electron chi connectivity index (χ4n) is 3.23. The van der Waals surface area contributed by atoms with Crippen LogP contribution in [0.1, 0.15) is 17.9 Å². The lowest BCUT2D eigenvalue weighted by molar-refractivity contribution is -0.121. The molecule has 0 saturated carbocycles. The topological polar surface area (TPSA) is 111 Å². The van der Waals surface area contributed by atoms with Gasteiger partial charge in [0.15, 0.2) is 11.5 Å². The summed E-state index contributed by atoms with van der Waals surface area (Å²) in [5.74, 6) is -0.143. The van der Waals surface area contributed by atoms with Gasteiger partial charge in [0.1, 0.15) is 17.6 Å². The minimum absolute atomic E-state index is 0.246. The molecule has 2 atom stereocenters. The van der Waals surface area contributed by atoms with Crippen LogP contribution in [0.3, 0.4) is 0 Å². The number of aryl methyl sites for hydroxylation is 1. The van der Waals surface area contributed by atoms with Gasteiger partial charge in [-0.3, -0.25) is 4.79 Å². The molecule has 1 N–H and O–H groups in total. The molecule has 116 valence electrons. The Morgan fingerprint density at radius 2 is 2.22 bits per heavy atom. The first-order valence-electron chi connectivity index (χ1n) is 7.16. The van der Waals surface area contributed by atoms with Gasteiger partial charge >= 0.3 is 6.03 Å². The van der Waals surface area contributed by atoms with Crippen molar-refractivity contribution in [3.8, 4) is 6.07 Å². The fourth-order valence-corrected chi connectivity index (χ4v) is 3.23. The van der Waals surface area contributed by atoms with E-state index in [1.165, 1.54) is 17.0 Å². The molecule has 2 aliphatic heterocycles. The number of imide groups is 1. The van der Waals surface area contributed by atoms with Crippen LogP contribution >= 0.6 is 0 Å². The van der Waals surface area contributed by atoms with E-state index >= 15 is 0 Å². The number of fused-ring (bicyclic) bond motifs is 2. The number of hydrogen-bond acceptors (Lipinski definition) is 6. The number of oxazole rings is 1. The molecule has 3 heterocycles. The van der Waals surface area contributed by atoms with Gasteiger partial charge < -0.3 is 14.4 Å². The molecule has 0 aliphatic carbocycles. The number of carbonyl (C=O) groups is 2. The van der Waals surface area contributed by atoms with Gasteiger partial charge in [-0.05, 0) is 18.6 Å². The number of amides is 3. The number of benzene rings is 1. The van der Waals surface area contributed by atoms with Gasteiger partial charge in [-0.25, -0.2) is 14.7 Å². The van der Waals surface area contributed by atoms with Crippen LogP contribution in [-0.4, -0.2) is 45.6 Å². The Bertz CT molecular complexity index is 897. The van der Waals surface area contributed by atoms with E-state index in [4.69, 9.17) is 9.68 Å². The molecular weight excluding hydrogens is 300 g/mol. The Morgan fingerprint density at radius 1 is 1.43 bits per heavy atom. The molecule has 8 heteroatoms. The standard InChI is InChI=1S/C15H12N4O4/c1-7-17-11-9(3-2-8(6-16)13(11)23-7)19-14(21)12-10(20)4-5-18(12)15(19)22/h2-3,10,12,20H,4-5H2,1H3/t10-,12+/m1/s1. The fraction of sp³-hybridized carbons (Fsp3) is 0.333. The number of aliphatic hydroxyl groups excluding tert-OH is 1. The van der Waals surface area contributed by atoms with Crippen molar-refractivity contribution in [2.45, 2.75) is 25.5 Å². The highest BCUT2D eigenvalue weighted by molar-refractivity contribution is 6.24. The number of nitriles is 1. The summed E-state index contributed by atoms with van der Waals surface area (Å²) in [6.07, 6.45) is -0.466. The zero-order chi connectivity index (χ0) is 16.3. The second-order valence-electron chi connectivity index (χ2n) is 5.61. The highest BCUT2D eigenvalue weighted by atomic mass is 16.3. The third kappa shape index (κ3) is 1.71. The van der Waals surface area contributed by atoms with Crippen molar-refractivity contribution in [3.63, 3.8) is 0 Å². The van der Waals surface area contributed by atoms with Crippen molar-refractivity contribution in [1.82, 2.24) is 9.88 Å².